The molecular formula is C10H7F2N3O. The van der Waals surface area contributed by atoms with Crippen LogP contribution in [0.5, 0.6) is 11.6 Å². The molecule has 0 aliphatic carbocycles. The number of ether oxygens (including phenoxy) is 1. The van der Waals surface area contributed by atoms with Crippen molar-refractivity contribution in [3.63, 3.8) is 0 Å². The third-order valence-electron chi connectivity index (χ3n) is 1.69. The number of nitrogens with zero attached hydrogens (tertiary/aromatic N) is 2. The van der Waals surface area contributed by atoms with Gasteiger partial charge in [-0.05, 0) is 0 Å². The van der Waals surface area contributed by atoms with Gasteiger partial charge in [0.1, 0.15) is 23.2 Å². The monoisotopic (exact) mass is 223 g/mol. The molecule has 0 aliphatic heterocycles. The van der Waals surface area contributed by atoms with E-state index in [4.69, 9.17) is 10.5 Å². The van der Waals surface area contributed by atoms with E-state index in [9.17, 15) is 8.78 Å². The summed E-state index contributed by atoms with van der Waals surface area (Å²) in [6, 6.07) is 2.82. The molecule has 0 amide bonds. The second kappa shape index (κ2) is 4.09. The normalized spacial score (nSPS) is 10.1. The Hall–Kier alpha value is -2.24. The van der Waals surface area contributed by atoms with Gasteiger partial charge in [0.05, 0.1) is 12.4 Å². The van der Waals surface area contributed by atoms with Crippen LogP contribution in [0.25, 0.3) is 0 Å². The minimum absolute atomic E-state index is 0.00241. The Kier molecular flexibility index (Phi) is 2.63. The summed E-state index contributed by atoms with van der Waals surface area (Å²) in [7, 11) is 0. The van der Waals surface area contributed by atoms with Gasteiger partial charge in [-0.25, -0.2) is 8.78 Å². The number of hydrogen-bond donors (Lipinski definition) is 1. The van der Waals surface area contributed by atoms with Crippen molar-refractivity contribution in [3.8, 4) is 11.6 Å². The summed E-state index contributed by atoms with van der Waals surface area (Å²) in [6.45, 7) is 0. The topological polar surface area (TPSA) is 61.0 Å². The minimum Gasteiger partial charge on any atom is -0.437 e. The third-order valence-corrected chi connectivity index (χ3v) is 1.69. The van der Waals surface area contributed by atoms with E-state index in [1.165, 1.54) is 12.4 Å². The van der Waals surface area contributed by atoms with Crippen molar-refractivity contribution >= 4 is 5.82 Å². The number of aromatic nitrogens is 2. The van der Waals surface area contributed by atoms with Crippen molar-refractivity contribution in [2.45, 2.75) is 0 Å². The number of halogens is 2. The molecule has 16 heavy (non-hydrogen) atoms. The van der Waals surface area contributed by atoms with Crippen LogP contribution in [0.4, 0.5) is 14.6 Å². The van der Waals surface area contributed by atoms with Crippen LogP contribution in [0.3, 0.4) is 0 Å². The second-order valence-electron chi connectivity index (χ2n) is 2.99. The molecule has 0 bridgehead atoms. The van der Waals surface area contributed by atoms with E-state index in [-0.39, 0.29) is 17.4 Å². The molecule has 1 heterocycles. The quantitative estimate of drug-likeness (QED) is 0.847. The molecule has 1 aromatic heterocycles. The van der Waals surface area contributed by atoms with Crippen LogP contribution in [0.15, 0.2) is 30.6 Å². The molecule has 0 spiro atoms. The summed E-state index contributed by atoms with van der Waals surface area (Å²) < 4.78 is 30.7. The Morgan fingerprint density at radius 2 is 1.75 bits per heavy atom. The lowest BCUT2D eigenvalue weighted by molar-refractivity contribution is 0.450. The second-order valence-corrected chi connectivity index (χ2v) is 2.99. The maximum absolute atomic E-state index is 12.8. The highest BCUT2D eigenvalue weighted by atomic mass is 19.1. The molecule has 0 unspecified atom stereocenters. The Bertz CT molecular complexity index is 499. The largest absolute Gasteiger partial charge is 0.437 e. The van der Waals surface area contributed by atoms with Gasteiger partial charge in [0.25, 0.3) is 0 Å². The van der Waals surface area contributed by atoms with Gasteiger partial charge in [-0.15, -0.1) is 0 Å². The van der Waals surface area contributed by atoms with Gasteiger partial charge in [0.2, 0.25) is 5.88 Å². The average molecular weight is 223 g/mol. The third kappa shape index (κ3) is 2.41. The molecule has 6 heteroatoms. The smallest absolute Gasteiger partial charge is 0.239 e. The summed E-state index contributed by atoms with van der Waals surface area (Å²) in [6.07, 6.45) is 2.62. The molecule has 82 valence electrons. The first-order valence-corrected chi connectivity index (χ1v) is 4.35. The van der Waals surface area contributed by atoms with Gasteiger partial charge in [-0.2, -0.15) is 4.98 Å². The van der Waals surface area contributed by atoms with Gasteiger partial charge < -0.3 is 10.5 Å². The number of hydrogen-bond acceptors (Lipinski definition) is 4. The highest BCUT2D eigenvalue weighted by Crippen LogP contribution is 2.21. The zero-order chi connectivity index (χ0) is 11.5. The van der Waals surface area contributed by atoms with Gasteiger partial charge in [0, 0.05) is 18.2 Å². The van der Waals surface area contributed by atoms with E-state index >= 15 is 0 Å². The first-order chi connectivity index (χ1) is 7.63. The van der Waals surface area contributed by atoms with Crippen molar-refractivity contribution in [2.75, 3.05) is 5.73 Å². The van der Waals surface area contributed by atoms with Crippen LogP contribution < -0.4 is 10.5 Å². The van der Waals surface area contributed by atoms with Gasteiger partial charge in [0.15, 0.2) is 0 Å². The lowest BCUT2D eigenvalue weighted by atomic mass is 10.3. The molecule has 0 fully saturated rings. The average Bonchev–Trinajstić information content (AvgIpc) is 2.15. The zero-order valence-electron chi connectivity index (χ0n) is 8.02. The predicted octanol–water partition coefficient (Wildman–Crippen LogP) is 2.13. The first-order valence-electron chi connectivity index (χ1n) is 4.35. The zero-order valence-corrected chi connectivity index (χ0v) is 8.02. The molecule has 0 radical (unpaired) electrons. The summed E-state index contributed by atoms with van der Waals surface area (Å²) in [5.74, 6) is -1.23. The number of nitrogens with two attached hydrogens (primary N) is 1. The summed E-state index contributed by atoms with van der Waals surface area (Å²) in [5.41, 5.74) is 5.37. The standard InChI is InChI=1S/C10H7F2N3O/c11-6-1-7(12)3-8(2-6)16-10-5-14-4-9(13)15-10/h1-5H,(H2,13,15). The van der Waals surface area contributed by atoms with Gasteiger partial charge in [-0.1, -0.05) is 0 Å². The number of nitrogen functional groups attached to an aromatic ring is 1. The highest BCUT2D eigenvalue weighted by Gasteiger charge is 2.04. The van der Waals surface area contributed by atoms with Crippen LogP contribution in [0.2, 0.25) is 0 Å². The molecule has 2 aromatic rings. The maximum Gasteiger partial charge on any atom is 0.239 e. The summed E-state index contributed by atoms with van der Waals surface area (Å²) in [5, 5.41) is 0. The van der Waals surface area contributed by atoms with Crippen molar-refractivity contribution < 1.29 is 13.5 Å². The van der Waals surface area contributed by atoms with E-state index in [0.717, 1.165) is 18.2 Å². The lowest BCUT2D eigenvalue weighted by Crippen LogP contribution is -1.95. The van der Waals surface area contributed by atoms with Gasteiger partial charge in [-0.3, -0.25) is 4.98 Å². The molecule has 2 rings (SSSR count). The molecule has 0 aliphatic rings. The van der Waals surface area contributed by atoms with Crippen LogP contribution in [-0.4, -0.2) is 9.97 Å². The summed E-state index contributed by atoms with van der Waals surface area (Å²) in [4.78, 5) is 7.50. The Morgan fingerprint density at radius 3 is 2.38 bits per heavy atom. The van der Waals surface area contributed by atoms with Crippen LogP contribution >= 0.6 is 0 Å². The van der Waals surface area contributed by atoms with Crippen LogP contribution in [-0.2, 0) is 0 Å². The molecule has 0 saturated heterocycles. The molecule has 4 nitrogen and oxygen atoms in total. The lowest BCUT2D eigenvalue weighted by Gasteiger charge is -2.04. The van der Waals surface area contributed by atoms with Gasteiger partial charge >= 0.3 is 0 Å². The number of benzene rings is 1. The fourth-order valence-corrected chi connectivity index (χ4v) is 1.12. The number of rotatable bonds is 2. The molecule has 1 aromatic carbocycles. The van der Waals surface area contributed by atoms with Crippen molar-refractivity contribution in [1.82, 2.24) is 9.97 Å². The van der Waals surface area contributed by atoms with Crippen molar-refractivity contribution in [1.29, 1.82) is 0 Å². The molecule has 0 saturated carbocycles. The van der Waals surface area contributed by atoms with E-state index in [0.29, 0.717) is 0 Å². The first kappa shape index (κ1) is 10.3. The fraction of sp³-hybridized carbons (Fsp3) is 0. The fourth-order valence-electron chi connectivity index (χ4n) is 1.12. The SMILES string of the molecule is Nc1cncc(Oc2cc(F)cc(F)c2)n1. The van der Waals surface area contributed by atoms with E-state index < -0.39 is 11.6 Å². The Morgan fingerprint density at radius 1 is 1.06 bits per heavy atom. The Labute approximate surface area is 89.7 Å². The van der Waals surface area contributed by atoms with Crippen molar-refractivity contribution in [3.05, 3.63) is 42.2 Å². The van der Waals surface area contributed by atoms with E-state index in [2.05, 4.69) is 9.97 Å². The highest BCUT2D eigenvalue weighted by molar-refractivity contribution is 5.31. The molecule has 0 atom stereocenters. The van der Waals surface area contributed by atoms with E-state index in [1.807, 2.05) is 0 Å². The Balaban J connectivity index is 2.27. The number of anilines is 1. The van der Waals surface area contributed by atoms with Crippen molar-refractivity contribution in [2.24, 2.45) is 0 Å². The molecule has 2 N–H and O–H groups in total. The predicted molar refractivity (Wildman–Crippen MR) is 52.9 cm³/mol. The minimum atomic E-state index is -0.730. The molecular weight excluding hydrogens is 216 g/mol. The maximum atomic E-state index is 12.8. The summed E-state index contributed by atoms with van der Waals surface area (Å²) >= 11 is 0. The van der Waals surface area contributed by atoms with Crippen LogP contribution in [0, 0.1) is 11.6 Å². The van der Waals surface area contributed by atoms with E-state index in [1.54, 1.807) is 0 Å². The van der Waals surface area contributed by atoms with Crippen LogP contribution in [0.1, 0.15) is 0 Å².